The Morgan fingerprint density at radius 2 is 0.844 bits per heavy atom. The van der Waals surface area contributed by atoms with Gasteiger partial charge in [-0.2, -0.15) is 0 Å². The molecule has 0 atom stereocenters. The van der Waals surface area contributed by atoms with Crippen molar-refractivity contribution in [3.63, 3.8) is 0 Å². The maximum absolute atomic E-state index is 9.43. The molecule has 8 aromatic carbocycles. The minimum absolute atomic E-state index is 0.00826. The lowest BCUT2D eigenvalue weighted by Crippen LogP contribution is -1.90. The topological polar surface area (TPSA) is 13.1 Å². The van der Waals surface area contributed by atoms with Gasteiger partial charge in [-0.25, -0.2) is 0 Å². The van der Waals surface area contributed by atoms with Crippen LogP contribution in [0.2, 0.25) is 0 Å². The molecule has 0 aliphatic carbocycles. The molecule has 0 saturated heterocycles. The van der Waals surface area contributed by atoms with Crippen molar-refractivity contribution < 1.29 is 25.0 Å². The van der Waals surface area contributed by atoms with E-state index in [0.29, 0.717) is 16.3 Å². The molecule has 9 aromatic rings. The van der Waals surface area contributed by atoms with Gasteiger partial charge in [0.05, 0.1) is 20.6 Å². The van der Waals surface area contributed by atoms with Crippen molar-refractivity contribution >= 4 is 43.5 Å². The average molecular weight is 588 g/mol. The highest BCUT2D eigenvalue weighted by molar-refractivity contribution is 6.21. The third-order valence-corrected chi connectivity index (χ3v) is 7.88. The minimum Gasteiger partial charge on any atom is -0.456 e. The standard InChI is InChI=1S/C44H28O/c1-3-11-29(12-4-1)34-23-25-35-40-27-33(24-26-41(40)45-42(35)28-34)30-19-21-32(22-20-30)44-38-17-9-7-15-36(38)43(31-13-5-2-6-14-31)37-16-8-10-18-39(37)44/h1-28H/i1D,3D,4D,11D,12D,19D,20D,21D,22D,23D,24D,25D,26D,27D,28D. The molecule has 1 nitrogen and oxygen atoms in total. The highest BCUT2D eigenvalue weighted by Crippen LogP contribution is 2.44. The van der Waals surface area contributed by atoms with Crippen LogP contribution in [0.15, 0.2) is 174 Å². The van der Waals surface area contributed by atoms with Crippen LogP contribution >= 0.6 is 0 Å². The Kier molecular flexibility index (Phi) is 3.39. The molecular weight excluding hydrogens is 544 g/mol. The van der Waals surface area contributed by atoms with Gasteiger partial charge >= 0.3 is 0 Å². The van der Waals surface area contributed by atoms with Gasteiger partial charge in [0.1, 0.15) is 11.2 Å². The molecule has 9 rings (SSSR count). The zero-order valence-electron chi connectivity index (χ0n) is 38.4. The van der Waals surface area contributed by atoms with Gasteiger partial charge in [-0.1, -0.05) is 145 Å². The van der Waals surface area contributed by atoms with E-state index in [4.69, 9.17) is 18.1 Å². The van der Waals surface area contributed by atoms with E-state index >= 15 is 0 Å². The highest BCUT2D eigenvalue weighted by Gasteiger charge is 2.16. The first-order valence-corrected chi connectivity index (χ1v) is 14.2. The summed E-state index contributed by atoms with van der Waals surface area (Å²) in [6, 6.07) is 15.2. The van der Waals surface area contributed by atoms with Gasteiger partial charge < -0.3 is 4.42 Å². The molecule has 0 saturated carbocycles. The van der Waals surface area contributed by atoms with Crippen LogP contribution in [0.3, 0.4) is 0 Å². The lowest BCUT2D eigenvalue weighted by molar-refractivity contribution is 0.669. The lowest BCUT2D eigenvalue weighted by atomic mass is 9.86. The fourth-order valence-electron chi connectivity index (χ4n) is 5.89. The van der Waals surface area contributed by atoms with E-state index in [2.05, 4.69) is 0 Å². The van der Waals surface area contributed by atoms with Gasteiger partial charge in [0.25, 0.3) is 0 Å². The van der Waals surface area contributed by atoms with Crippen molar-refractivity contribution in [1.29, 1.82) is 0 Å². The first-order valence-electron chi connectivity index (χ1n) is 21.7. The lowest BCUT2D eigenvalue weighted by Gasteiger charge is -2.18. The van der Waals surface area contributed by atoms with E-state index in [9.17, 15) is 6.85 Å². The van der Waals surface area contributed by atoms with Crippen LogP contribution in [-0.4, -0.2) is 0 Å². The summed E-state index contributed by atoms with van der Waals surface area (Å²) in [5.41, 5.74) is -0.454. The first kappa shape index (κ1) is 14.7. The average Bonchev–Trinajstić information content (AvgIpc) is 3.67. The normalized spacial score (nSPS) is 16.2. The van der Waals surface area contributed by atoms with E-state index in [1.807, 2.05) is 78.9 Å². The van der Waals surface area contributed by atoms with Crippen molar-refractivity contribution in [3.05, 3.63) is 169 Å². The predicted octanol–water partition coefficient (Wildman–Crippen LogP) is 12.6. The second kappa shape index (κ2) is 10.4. The molecule has 1 heteroatoms. The zero-order chi connectivity index (χ0) is 42.8. The number of fused-ring (bicyclic) bond motifs is 5. The SMILES string of the molecule is [2H]c1c([2H])c([2H])c(-c2c([2H])c([2H])c3c(oc4c([2H])c([2H])c(-c5c([2H])c([2H])c(-c6c7ccccc7c(-c7ccccc7)c7ccccc67)c([2H])c5[2H])c([2H])c43)c2[2H])c([2H])c1[2H]. The Morgan fingerprint density at radius 1 is 0.333 bits per heavy atom. The summed E-state index contributed by atoms with van der Waals surface area (Å²) in [5, 5.41) is 2.39. The number of furan rings is 1. The molecule has 1 heterocycles. The summed E-state index contributed by atoms with van der Waals surface area (Å²) in [5.74, 6) is 0. The molecule has 0 spiro atoms. The van der Waals surface area contributed by atoms with Crippen LogP contribution in [0.1, 0.15) is 20.6 Å². The zero-order valence-corrected chi connectivity index (χ0v) is 23.4. The van der Waals surface area contributed by atoms with Crippen molar-refractivity contribution in [3.8, 4) is 44.5 Å². The maximum atomic E-state index is 9.43. The Labute approximate surface area is 282 Å². The largest absolute Gasteiger partial charge is 0.456 e. The van der Waals surface area contributed by atoms with Gasteiger partial charge in [-0.3, -0.25) is 0 Å². The highest BCUT2D eigenvalue weighted by atomic mass is 16.3. The molecule has 0 amide bonds. The third kappa shape index (κ3) is 4.24. The van der Waals surface area contributed by atoms with Gasteiger partial charge in [-0.05, 0) is 90.2 Å². The number of hydrogen-bond donors (Lipinski definition) is 0. The third-order valence-electron chi connectivity index (χ3n) is 7.88. The number of rotatable bonds is 4. The Bertz CT molecular complexity index is 3260. The van der Waals surface area contributed by atoms with Crippen LogP contribution in [-0.2, 0) is 0 Å². The summed E-state index contributed by atoms with van der Waals surface area (Å²) in [6.07, 6.45) is 0. The fourth-order valence-corrected chi connectivity index (χ4v) is 5.89. The van der Waals surface area contributed by atoms with Gasteiger partial charge in [-0.15, -0.1) is 0 Å². The number of hydrogen-bond acceptors (Lipinski definition) is 1. The van der Waals surface area contributed by atoms with Crippen LogP contribution in [0.5, 0.6) is 0 Å². The monoisotopic (exact) mass is 587 g/mol. The van der Waals surface area contributed by atoms with Crippen molar-refractivity contribution in [2.24, 2.45) is 0 Å². The minimum atomic E-state index is -0.720. The summed E-state index contributed by atoms with van der Waals surface area (Å²) in [6.45, 7) is 0. The summed E-state index contributed by atoms with van der Waals surface area (Å²) in [4.78, 5) is 0. The van der Waals surface area contributed by atoms with E-state index in [0.717, 1.165) is 21.9 Å². The first-order chi connectivity index (χ1) is 28.6. The predicted molar refractivity (Wildman–Crippen MR) is 190 cm³/mol. The van der Waals surface area contributed by atoms with E-state index in [-0.39, 0.29) is 16.3 Å². The molecule has 0 bridgehead atoms. The van der Waals surface area contributed by atoms with E-state index in [1.54, 1.807) is 0 Å². The molecule has 0 unspecified atom stereocenters. The molecule has 0 aliphatic rings. The van der Waals surface area contributed by atoms with E-state index < -0.39 is 124 Å². The van der Waals surface area contributed by atoms with Crippen molar-refractivity contribution in [2.45, 2.75) is 0 Å². The maximum Gasteiger partial charge on any atom is 0.136 e. The quantitative estimate of drug-likeness (QED) is 0.187. The molecule has 1 aromatic heterocycles. The smallest absolute Gasteiger partial charge is 0.136 e. The van der Waals surface area contributed by atoms with Crippen LogP contribution in [0, 0.1) is 0 Å². The molecule has 45 heavy (non-hydrogen) atoms. The Morgan fingerprint density at radius 3 is 1.51 bits per heavy atom. The second-order valence-electron chi connectivity index (χ2n) is 10.5. The summed E-state index contributed by atoms with van der Waals surface area (Å²) < 4.78 is 139. The van der Waals surface area contributed by atoms with Crippen molar-refractivity contribution in [2.75, 3.05) is 0 Å². The van der Waals surface area contributed by atoms with E-state index in [1.165, 1.54) is 0 Å². The van der Waals surface area contributed by atoms with Gasteiger partial charge in [0, 0.05) is 10.8 Å². The Balaban J connectivity index is 1.34. The van der Waals surface area contributed by atoms with Crippen LogP contribution in [0.4, 0.5) is 0 Å². The summed E-state index contributed by atoms with van der Waals surface area (Å²) >= 11 is 0. The summed E-state index contributed by atoms with van der Waals surface area (Å²) in [7, 11) is 0. The molecule has 0 N–H and O–H groups in total. The van der Waals surface area contributed by atoms with Crippen molar-refractivity contribution in [1.82, 2.24) is 0 Å². The number of benzene rings is 8. The second-order valence-corrected chi connectivity index (χ2v) is 10.5. The van der Waals surface area contributed by atoms with Crippen LogP contribution < -0.4 is 0 Å². The molecule has 0 fully saturated rings. The molecule has 0 radical (unpaired) electrons. The van der Waals surface area contributed by atoms with Gasteiger partial charge in [0.15, 0.2) is 0 Å². The fraction of sp³-hybridized carbons (Fsp3) is 0. The van der Waals surface area contributed by atoms with Crippen LogP contribution in [0.25, 0.3) is 88.0 Å². The molecule has 210 valence electrons. The molecule has 0 aliphatic heterocycles. The van der Waals surface area contributed by atoms with Gasteiger partial charge in [0.2, 0.25) is 0 Å². The Hall–Kier alpha value is -5.92. The molecular formula is C44H28O.